The van der Waals surface area contributed by atoms with Crippen LogP contribution in [-0.2, 0) is 11.3 Å². The van der Waals surface area contributed by atoms with Crippen LogP contribution in [0.4, 0.5) is 0 Å². The summed E-state index contributed by atoms with van der Waals surface area (Å²) in [6, 6.07) is 12.4. The van der Waals surface area contributed by atoms with Crippen LogP contribution < -0.4 is 24.3 Å². The Balaban J connectivity index is 1.63. The Morgan fingerprint density at radius 3 is 2.48 bits per heavy atom. The van der Waals surface area contributed by atoms with Crippen molar-refractivity contribution < 1.29 is 28.3 Å². The fraction of sp³-hybridized carbons (Fsp3) is 0.318. The number of carbonyl (C=O) groups is 1. The summed E-state index contributed by atoms with van der Waals surface area (Å²) in [6.07, 6.45) is -0.183. The Morgan fingerprint density at radius 2 is 1.77 bits per heavy atom. The van der Waals surface area contributed by atoms with E-state index in [1.807, 2.05) is 6.92 Å². The third-order valence-electron chi connectivity index (χ3n) is 4.51. The van der Waals surface area contributed by atoms with Crippen molar-refractivity contribution in [3.8, 4) is 34.4 Å². The predicted molar refractivity (Wildman–Crippen MR) is 112 cm³/mol. The second kappa shape index (κ2) is 10.3. The summed E-state index contributed by atoms with van der Waals surface area (Å²) in [7, 11) is 4.70. The van der Waals surface area contributed by atoms with Gasteiger partial charge >= 0.3 is 0 Å². The van der Waals surface area contributed by atoms with Crippen molar-refractivity contribution in [2.24, 2.45) is 0 Å². The average molecular weight is 427 g/mol. The van der Waals surface area contributed by atoms with E-state index in [0.717, 1.165) is 0 Å². The highest BCUT2D eigenvalue weighted by molar-refractivity contribution is 5.81. The number of hydrogen-bond acceptors (Lipinski definition) is 8. The lowest BCUT2D eigenvalue weighted by Crippen LogP contribution is -2.37. The highest BCUT2D eigenvalue weighted by Crippen LogP contribution is 2.31. The lowest BCUT2D eigenvalue weighted by Gasteiger charge is -2.17. The molecule has 164 valence electrons. The molecule has 1 amide bonds. The van der Waals surface area contributed by atoms with Gasteiger partial charge in [0, 0.05) is 12.1 Å². The molecule has 1 heterocycles. The van der Waals surface area contributed by atoms with Gasteiger partial charge in [0.05, 0.1) is 33.4 Å². The molecule has 0 bridgehead atoms. The number of benzene rings is 2. The highest BCUT2D eigenvalue weighted by atomic mass is 16.5. The minimum atomic E-state index is -0.670. The van der Waals surface area contributed by atoms with Gasteiger partial charge in [-0.1, -0.05) is 18.1 Å². The van der Waals surface area contributed by atoms with E-state index in [-0.39, 0.29) is 18.3 Å². The third-order valence-corrected chi connectivity index (χ3v) is 4.51. The summed E-state index contributed by atoms with van der Waals surface area (Å²) >= 11 is 0. The van der Waals surface area contributed by atoms with Crippen LogP contribution in [0.3, 0.4) is 0 Å². The summed E-state index contributed by atoms with van der Waals surface area (Å²) in [5, 5.41) is 6.74. The fourth-order valence-electron chi connectivity index (χ4n) is 2.86. The van der Waals surface area contributed by atoms with Crippen LogP contribution in [0.2, 0.25) is 0 Å². The number of amides is 1. The van der Waals surface area contributed by atoms with Crippen LogP contribution in [-0.4, -0.2) is 43.5 Å². The maximum Gasteiger partial charge on any atom is 0.261 e. The molecule has 0 radical (unpaired) electrons. The predicted octanol–water partition coefficient (Wildman–Crippen LogP) is 3.24. The zero-order valence-corrected chi connectivity index (χ0v) is 17.9. The van der Waals surface area contributed by atoms with Gasteiger partial charge in [0.15, 0.2) is 6.10 Å². The Hall–Kier alpha value is -3.75. The molecule has 0 fully saturated rings. The standard InChI is InChI=1S/C22H25N3O6/c1-5-18(30-16-8-6-7-14(11-16)27-2)22(26)23-13-20-24-21(25-31-20)17-10-9-15(28-3)12-19(17)29-4/h6-12,18H,5,13H2,1-4H3,(H,23,26)/t18-/m0/s1. The van der Waals surface area contributed by atoms with Gasteiger partial charge < -0.3 is 28.8 Å². The SMILES string of the molecule is CC[C@H](Oc1cccc(OC)c1)C(=O)NCc1nc(-c2ccc(OC)cc2OC)no1. The van der Waals surface area contributed by atoms with Crippen molar-refractivity contribution in [2.45, 2.75) is 26.0 Å². The van der Waals surface area contributed by atoms with Crippen molar-refractivity contribution in [1.29, 1.82) is 0 Å². The summed E-state index contributed by atoms with van der Waals surface area (Å²) in [4.78, 5) is 16.9. The van der Waals surface area contributed by atoms with Crippen molar-refractivity contribution in [3.05, 3.63) is 48.4 Å². The van der Waals surface area contributed by atoms with E-state index in [4.69, 9.17) is 23.5 Å². The molecule has 0 saturated carbocycles. The largest absolute Gasteiger partial charge is 0.497 e. The summed E-state index contributed by atoms with van der Waals surface area (Å²) in [5.74, 6) is 2.73. The van der Waals surface area contributed by atoms with Gasteiger partial charge in [-0.2, -0.15) is 4.98 Å². The lowest BCUT2D eigenvalue weighted by molar-refractivity contribution is -0.128. The maximum atomic E-state index is 12.6. The van der Waals surface area contributed by atoms with Gasteiger partial charge in [0.1, 0.15) is 23.0 Å². The molecule has 0 aliphatic heterocycles. The molecule has 1 aromatic heterocycles. The van der Waals surface area contributed by atoms with E-state index in [0.29, 0.717) is 40.8 Å². The van der Waals surface area contributed by atoms with Crippen LogP contribution >= 0.6 is 0 Å². The number of methoxy groups -OCH3 is 3. The number of hydrogen-bond donors (Lipinski definition) is 1. The molecular formula is C22H25N3O6. The number of ether oxygens (including phenoxy) is 4. The van der Waals surface area contributed by atoms with E-state index in [1.165, 1.54) is 0 Å². The van der Waals surface area contributed by atoms with E-state index in [9.17, 15) is 4.79 Å². The quantitative estimate of drug-likeness (QED) is 0.526. The molecule has 9 nitrogen and oxygen atoms in total. The van der Waals surface area contributed by atoms with E-state index < -0.39 is 6.10 Å². The molecule has 0 spiro atoms. The van der Waals surface area contributed by atoms with Gasteiger partial charge in [-0.3, -0.25) is 4.79 Å². The number of aromatic nitrogens is 2. The maximum absolute atomic E-state index is 12.6. The Kier molecular flexibility index (Phi) is 7.31. The molecule has 0 aliphatic rings. The molecule has 0 unspecified atom stereocenters. The Labute approximate surface area is 180 Å². The summed E-state index contributed by atoms with van der Waals surface area (Å²) in [6.45, 7) is 1.94. The highest BCUT2D eigenvalue weighted by Gasteiger charge is 2.20. The fourth-order valence-corrected chi connectivity index (χ4v) is 2.86. The second-order valence-electron chi connectivity index (χ2n) is 6.49. The Bertz CT molecular complexity index is 1020. The number of nitrogens with zero attached hydrogens (tertiary/aromatic N) is 2. The molecule has 3 aromatic rings. The molecular weight excluding hydrogens is 402 g/mol. The van der Waals surface area contributed by atoms with Crippen LogP contribution in [0, 0.1) is 0 Å². The molecule has 9 heteroatoms. The van der Waals surface area contributed by atoms with Crippen LogP contribution in [0.15, 0.2) is 47.0 Å². The first-order chi connectivity index (χ1) is 15.1. The normalized spacial score (nSPS) is 11.5. The second-order valence-corrected chi connectivity index (χ2v) is 6.49. The average Bonchev–Trinajstić information content (AvgIpc) is 3.29. The first kappa shape index (κ1) is 21.9. The molecule has 3 rings (SSSR count). The minimum Gasteiger partial charge on any atom is -0.497 e. The van der Waals surface area contributed by atoms with Crippen molar-refractivity contribution >= 4 is 5.91 Å². The zero-order chi connectivity index (χ0) is 22.2. The van der Waals surface area contributed by atoms with E-state index in [2.05, 4.69) is 15.5 Å². The molecule has 0 saturated heterocycles. The lowest BCUT2D eigenvalue weighted by atomic mass is 10.2. The smallest absolute Gasteiger partial charge is 0.261 e. The van der Waals surface area contributed by atoms with Crippen LogP contribution in [0.5, 0.6) is 23.0 Å². The van der Waals surface area contributed by atoms with E-state index in [1.54, 1.807) is 63.8 Å². The van der Waals surface area contributed by atoms with Crippen molar-refractivity contribution in [2.75, 3.05) is 21.3 Å². The van der Waals surface area contributed by atoms with E-state index >= 15 is 0 Å². The monoisotopic (exact) mass is 427 g/mol. The van der Waals surface area contributed by atoms with Crippen molar-refractivity contribution in [3.63, 3.8) is 0 Å². The van der Waals surface area contributed by atoms with Gasteiger partial charge in [-0.25, -0.2) is 0 Å². The van der Waals surface area contributed by atoms with Gasteiger partial charge in [0.2, 0.25) is 11.7 Å². The molecule has 31 heavy (non-hydrogen) atoms. The zero-order valence-electron chi connectivity index (χ0n) is 17.9. The minimum absolute atomic E-state index is 0.0717. The summed E-state index contributed by atoms with van der Waals surface area (Å²) in [5.41, 5.74) is 0.650. The first-order valence-electron chi connectivity index (χ1n) is 9.71. The van der Waals surface area contributed by atoms with Gasteiger partial charge in [-0.15, -0.1) is 0 Å². The van der Waals surface area contributed by atoms with Crippen LogP contribution in [0.25, 0.3) is 11.4 Å². The molecule has 0 aliphatic carbocycles. The van der Waals surface area contributed by atoms with Gasteiger partial charge in [0.25, 0.3) is 5.91 Å². The number of nitrogens with one attached hydrogen (secondary N) is 1. The topological polar surface area (TPSA) is 105 Å². The summed E-state index contributed by atoms with van der Waals surface area (Å²) < 4.78 is 26.8. The molecule has 1 N–H and O–H groups in total. The molecule has 2 aromatic carbocycles. The third kappa shape index (κ3) is 5.44. The van der Waals surface area contributed by atoms with Crippen molar-refractivity contribution in [1.82, 2.24) is 15.5 Å². The number of carbonyl (C=O) groups excluding carboxylic acids is 1. The molecule has 1 atom stereocenters. The Morgan fingerprint density at radius 1 is 1.03 bits per heavy atom. The first-order valence-corrected chi connectivity index (χ1v) is 9.71. The van der Waals surface area contributed by atoms with Crippen LogP contribution in [0.1, 0.15) is 19.2 Å². The number of rotatable bonds is 10. The van der Waals surface area contributed by atoms with Gasteiger partial charge in [-0.05, 0) is 30.7 Å².